The maximum absolute atomic E-state index is 13.8. The highest BCUT2D eigenvalue weighted by molar-refractivity contribution is 6.31. The molecule has 1 aromatic heterocycles. The molecule has 24 heavy (non-hydrogen) atoms. The monoisotopic (exact) mass is 344 g/mol. The highest BCUT2D eigenvalue weighted by Crippen LogP contribution is 2.17. The molecule has 0 spiro atoms. The van der Waals surface area contributed by atoms with E-state index in [0.29, 0.717) is 24.6 Å². The zero-order valence-corrected chi connectivity index (χ0v) is 13.3. The number of amides is 1. The number of hydrogen-bond acceptors (Lipinski definition) is 3. The van der Waals surface area contributed by atoms with Gasteiger partial charge in [-0.05, 0) is 12.1 Å². The molecule has 2 aromatic carbocycles. The van der Waals surface area contributed by atoms with E-state index in [4.69, 9.17) is 11.6 Å². The van der Waals surface area contributed by atoms with Crippen LogP contribution in [0.4, 0.5) is 4.39 Å². The van der Waals surface area contributed by atoms with Crippen molar-refractivity contribution in [3.63, 3.8) is 0 Å². The maximum Gasteiger partial charge on any atom is 0.254 e. The quantitative estimate of drug-likeness (QED) is 0.746. The highest BCUT2D eigenvalue weighted by Gasteiger charge is 2.14. The van der Waals surface area contributed by atoms with Gasteiger partial charge in [-0.1, -0.05) is 48.0 Å². The van der Waals surface area contributed by atoms with Crippen molar-refractivity contribution in [2.75, 3.05) is 6.54 Å². The van der Waals surface area contributed by atoms with Crippen molar-refractivity contribution in [3.8, 4) is 11.4 Å². The molecule has 122 valence electrons. The summed E-state index contributed by atoms with van der Waals surface area (Å²) in [6, 6.07) is 13.9. The minimum absolute atomic E-state index is 0.0783. The maximum atomic E-state index is 13.8. The van der Waals surface area contributed by atoms with Gasteiger partial charge in [-0.25, -0.2) is 9.37 Å². The van der Waals surface area contributed by atoms with Crippen LogP contribution in [0.3, 0.4) is 0 Å². The number of rotatable bonds is 5. The molecule has 0 aliphatic carbocycles. The Morgan fingerprint density at radius 3 is 2.75 bits per heavy atom. The van der Waals surface area contributed by atoms with Gasteiger partial charge in [-0.2, -0.15) is 5.10 Å². The molecule has 0 unspecified atom stereocenters. The van der Waals surface area contributed by atoms with Crippen LogP contribution in [-0.4, -0.2) is 27.6 Å². The Morgan fingerprint density at radius 2 is 1.96 bits per heavy atom. The predicted molar refractivity (Wildman–Crippen MR) is 89.3 cm³/mol. The van der Waals surface area contributed by atoms with E-state index < -0.39 is 11.7 Å². The molecule has 0 saturated carbocycles. The van der Waals surface area contributed by atoms with Crippen LogP contribution in [0.1, 0.15) is 16.2 Å². The molecule has 0 saturated heterocycles. The third kappa shape index (κ3) is 3.60. The number of H-pyrrole nitrogens is 1. The lowest BCUT2D eigenvalue weighted by Crippen LogP contribution is -2.26. The third-order valence-electron chi connectivity index (χ3n) is 3.41. The summed E-state index contributed by atoms with van der Waals surface area (Å²) in [6.07, 6.45) is 0.452. The van der Waals surface area contributed by atoms with E-state index in [1.807, 2.05) is 30.3 Å². The Labute approximate surface area is 142 Å². The van der Waals surface area contributed by atoms with Crippen LogP contribution in [0.2, 0.25) is 5.02 Å². The number of nitrogens with one attached hydrogen (secondary N) is 2. The molecule has 0 aliphatic heterocycles. The molecule has 0 aliphatic rings. The summed E-state index contributed by atoms with van der Waals surface area (Å²) >= 11 is 5.67. The van der Waals surface area contributed by atoms with Crippen molar-refractivity contribution in [1.29, 1.82) is 0 Å². The highest BCUT2D eigenvalue weighted by atomic mass is 35.5. The van der Waals surface area contributed by atoms with Gasteiger partial charge in [-0.15, -0.1) is 0 Å². The molecule has 0 fully saturated rings. The average Bonchev–Trinajstić information content (AvgIpc) is 3.07. The Bertz CT molecular complexity index is 851. The van der Waals surface area contributed by atoms with Crippen molar-refractivity contribution < 1.29 is 9.18 Å². The van der Waals surface area contributed by atoms with E-state index in [1.165, 1.54) is 18.2 Å². The number of benzene rings is 2. The lowest BCUT2D eigenvalue weighted by atomic mass is 10.2. The summed E-state index contributed by atoms with van der Waals surface area (Å²) in [5.74, 6) is -0.000903. The third-order valence-corrected chi connectivity index (χ3v) is 3.70. The van der Waals surface area contributed by atoms with Crippen LogP contribution >= 0.6 is 11.6 Å². The van der Waals surface area contributed by atoms with Gasteiger partial charge in [0.2, 0.25) is 0 Å². The van der Waals surface area contributed by atoms with Crippen LogP contribution in [0, 0.1) is 5.82 Å². The Kier molecular flexibility index (Phi) is 4.86. The van der Waals surface area contributed by atoms with Crippen LogP contribution in [0.15, 0.2) is 48.5 Å². The van der Waals surface area contributed by atoms with E-state index in [1.54, 1.807) is 0 Å². The molecule has 5 nitrogen and oxygen atoms in total. The molecule has 2 N–H and O–H groups in total. The first kappa shape index (κ1) is 16.1. The molecule has 3 aromatic rings. The smallest absolute Gasteiger partial charge is 0.254 e. The number of halogens is 2. The Morgan fingerprint density at radius 1 is 1.17 bits per heavy atom. The second-order valence-corrected chi connectivity index (χ2v) is 5.49. The first-order valence-electron chi connectivity index (χ1n) is 7.34. The second-order valence-electron chi connectivity index (χ2n) is 5.08. The molecule has 3 rings (SSSR count). The summed E-state index contributed by atoms with van der Waals surface area (Å²) in [5.41, 5.74) is 0.829. The van der Waals surface area contributed by atoms with Gasteiger partial charge in [0.1, 0.15) is 5.82 Å². The zero-order valence-electron chi connectivity index (χ0n) is 12.6. The first-order valence-corrected chi connectivity index (χ1v) is 7.72. The van der Waals surface area contributed by atoms with Gasteiger partial charge in [0.15, 0.2) is 11.6 Å². The fourth-order valence-corrected chi connectivity index (χ4v) is 2.37. The molecule has 1 amide bonds. The normalized spacial score (nSPS) is 10.6. The summed E-state index contributed by atoms with van der Waals surface area (Å²) in [7, 11) is 0. The minimum atomic E-state index is -0.720. The van der Waals surface area contributed by atoms with Crippen molar-refractivity contribution in [1.82, 2.24) is 20.5 Å². The van der Waals surface area contributed by atoms with Gasteiger partial charge in [-0.3, -0.25) is 9.89 Å². The summed E-state index contributed by atoms with van der Waals surface area (Å²) in [4.78, 5) is 16.3. The topological polar surface area (TPSA) is 70.7 Å². The summed E-state index contributed by atoms with van der Waals surface area (Å²) < 4.78 is 13.8. The van der Waals surface area contributed by atoms with E-state index in [0.717, 1.165) is 5.56 Å². The number of aromatic amines is 1. The molecule has 0 bridgehead atoms. The van der Waals surface area contributed by atoms with Gasteiger partial charge in [0, 0.05) is 18.5 Å². The van der Waals surface area contributed by atoms with E-state index in [2.05, 4.69) is 20.5 Å². The average molecular weight is 345 g/mol. The Balaban J connectivity index is 1.58. The van der Waals surface area contributed by atoms with E-state index in [-0.39, 0.29) is 10.6 Å². The summed E-state index contributed by atoms with van der Waals surface area (Å²) in [5, 5.41) is 9.53. The summed E-state index contributed by atoms with van der Waals surface area (Å²) in [6.45, 7) is 0.300. The fourth-order valence-electron chi connectivity index (χ4n) is 2.19. The van der Waals surface area contributed by atoms with Gasteiger partial charge in [0.25, 0.3) is 5.91 Å². The van der Waals surface area contributed by atoms with E-state index in [9.17, 15) is 9.18 Å². The zero-order chi connectivity index (χ0) is 16.9. The van der Waals surface area contributed by atoms with Crippen LogP contribution in [0.5, 0.6) is 0 Å². The van der Waals surface area contributed by atoms with Crippen molar-refractivity contribution in [2.24, 2.45) is 0 Å². The first-order chi connectivity index (χ1) is 11.6. The predicted octanol–water partition coefficient (Wildman–Crippen LogP) is 3.24. The van der Waals surface area contributed by atoms with Gasteiger partial charge >= 0.3 is 0 Å². The van der Waals surface area contributed by atoms with Crippen LogP contribution < -0.4 is 5.32 Å². The molecule has 0 radical (unpaired) electrons. The number of carbonyl (C=O) groups excluding carboxylic acids is 1. The van der Waals surface area contributed by atoms with Gasteiger partial charge < -0.3 is 5.32 Å². The van der Waals surface area contributed by atoms with Crippen LogP contribution in [-0.2, 0) is 6.42 Å². The molecule has 1 heterocycles. The van der Waals surface area contributed by atoms with Crippen molar-refractivity contribution in [3.05, 3.63) is 70.8 Å². The number of hydrogen-bond donors (Lipinski definition) is 2. The minimum Gasteiger partial charge on any atom is -0.351 e. The number of aromatic nitrogens is 3. The number of carbonyl (C=O) groups is 1. The molecule has 7 heteroatoms. The van der Waals surface area contributed by atoms with Crippen LogP contribution in [0.25, 0.3) is 11.4 Å². The second kappa shape index (κ2) is 7.23. The Hall–Kier alpha value is -2.73. The molecule has 0 atom stereocenters. The lowest BCUT2D eigenvalue weighted by molar-refractivity contribution is 0.0950. The standard InChI is InChI=1S/C17H14ClFN4O/c18-13-8-4-7-12(15(13)19)17(24)20-10-9-14-21-16(23-22-14)11-5-2-1-3-6-11/h1-8H,9-10H2,(H,20,24)(H,21,22,23). The largest absolute Gasteiger partial charge is 0.351 e. The van der Waals surface area contributed by atoms with Crippen molar-refractivity contribution in [2.45, 2.75) is 6.42 Å². The SMILES string of the molecule is O=C(NCCc1nc(-c2ccccc2)n[nH]1)c1cccc(Cl)c1F. The molecular weight excluding hydrogens is 331 g/mol. The van der Waals surface area contributed by atoms with E-state index >= 15 is 0 Å². The van der Waals surface area contributed by atoms with Gasteiger partial charge in [0.05, 0.1) is 10.6 Å². The lowest BCUT2D eigenvalue weighted by Gasteiger charge is -2.05. The fraction of sp³-hybridized carbons (Fsp3) is 0.118. The number of nitrogens with zero attached hydrogens (tertiary/aromatic N) is 2. The van der Waals surface area contributed by atoms with Crippen molar-refractivity contribution >= 4 is 17.5 Å². The molecular formula is C17H14ClFN4O.